The fraction of sp³-hybridized carbons (Fsp3) is 0.882. The number of unbranched alkanes of at least 4 members (excludes halogenated alkanes) is 5. The van der Waals surface area contributed by atoms with Crippen LogP contribution in [-0.4, -0.2) is 77.9 Å². The number of ether oxygens (including phenoxy) is 3. The molecule has 146 valence electrons. The van der Waals surface area contributed by atoms with E-state index in [9.17, 15) is 19.8 Å². The SMILES string of the molecule is CCCCCCCCOCC(O)COC1C(=O)C(=O)O[C@@H]1[C@@H](O)CO. The topological polar surface area (TPSA) is 123 Å². The van der Waals surface area contributed by atoms with Crippen molar-refractivity contribution in [2.24, 2.45) is 0 Å². The van der Waals surface area contributed by atoms with E-state index in [-0.39, 0.29) is 13.2 Å². The van der Waals surface area contributed by atoms with Crippen molar-refractivity contribution < 1.29 is 39.1 Å². The Morgan fingerprint density at radius 1 is 1.08 bits per heavy atom. The van der Waals surface area contributed by atoms with E-state index in [4.69, 9.17) is 14.6 Å². The monoisotopic (exact) mass is 362 g/mol. The zero-order chi connectivity index (χ0) is 18.7. The zero-order valence-electron chi connectivity index (χ0n) is 14.8. The molecule has 1 saturated heterocycles. The van der Waals surface area contributed by atoms with E-state index in [1.165, 1.54) is 25.7 Å². The summed E-state index contributed by atoms with van der Waals surface area (Å²) in [6, 6.07) is 0. The largest absolute Gasteiger partial charge is 0.450 e. The fourth-order valence-corrected chi connectivity index (χ4v) is 2.53. The van der Waals surface area contributed by atoms with Crippen molar-refractivity contribution >= 4 is 11.8 Å². The molecule has 1 fully saturated rings. The molecule has 0 radical (unpaired) electrons. The van der Waals surface area contributed by atoms with Crippen LogP contribution >= 0.6 is 0 Å². The molecule has 0 bridgehead atoms. The van der Waals surface area contributed by atoms with Gasteiger partial charge in [-0.1, -0.05) is 39.0 Å². The van der Waals surface area contributed by atoms with Gasteiger partial charge in [0.1, 0.15) is 12.2 Å². The second-order valence-electron chi connectivity index (χ2n) is 6.23. The van der Waals surface area contributed by atoms with E-state index < -0.39 is 42.8 Å². The van der Waals surface area contributed by atoms with Gasteiger partial charge in [-0.3, -0.25) is 4.79 Å². The number of carbonyl (C=O) groups excluding carboxylic acids is 2. The van der Waals surface area contributed by atoms with Crippen molar-refractivity contribution in [1.29, 1.82) is 0 Å². The maximum absolute atomic E-state index is 11.7. The molecule has 0 aromatic carbocycles. The van der Waals surface area contributed by atoms with Crippen molar-refractivity contribution in [2.75, 3.05) is 26.4 Å². The van der Waals surface area contributed by atoms with E-state index in [0.29, 0.717) is 6.61 Å². The van der Waals surface area contributed by atoms with E-state index in [1.54, 1.807) is 0 Å². The van der Waals surface area contributed by atoms with Gasteiger partial charge in [0, 0.05) is 6.61 Å². The molecule has 0 aromatic rings. The van der Waals surface area contributed by atoms with Crippen molar-refractivity contribution in [3.05, 3.63) is 0 Å². The molecular weight excluding hydrogens is 332 g/mol. The van der Waals surface area contributed by atoms with Crippen LogP contribution in [0.15, 0.2) is 0 Å². The van der Waals surface area contributed by atoms with Gasteiger partial charge in [-0.15, -0.1) is 0 Å². The normalized spacial score (nSPS) is 22.9. The Hall–Kier alpha value is -1.06. The second-order valence-corrected chi connectivity index (χ2v) is 6.23. The van der Waals surface area contributed by atoms with Crippen molar-refractivity contribution in [3.8, 4) is 0 Å². The first-order chi connectivity index (χ1) is 12.0. The van der Waals surface area contributed by atoms with Crippen LogP contribution < -0.4 is 0 Å². The number of Topliss-reactive ketones (excluding diaryl/α,β-unsaturated/α-hetero) is 1. The third kappa shape index (κ3) is 7.79. The van der Waals surface area contributed by atoms with Crippen molar-refractivity contribution in [3.63, 3.8) is 0 Å². The van der Waals surface area contributed by atoms with Crippen LogP contribution in [0.2, 0.25) is 0 Å². The minimum atomic E-state index is -1.42. The lowest BCUT2D eigenvalue weighted by molar-refractivity contribution is -0.152. The van der Waals surface area contributed by atoms with Gasteiger partial charge >= 0.3 is 5.97 Å². The van der Waals surface area contributed by atoms with Crippen LogP contribution in [0, 0.1) is 0 Å². The number of carbonyl (C=O) groups is 2. The highest BCUT2D eigenvalue weighted by molar-refractivity contribution is 6.37. The minimum absolute atomic E-state index is 0.0535. The maximum atomic E-state index is 11.7. The predicted octanol–water partition coefficient (Wildman–Crippen LogP) is -0.0427. The van der Waals surface area contributed by atoms with Crippen LogP contribution in [0.25, 0.3) is 0 Å². The summed E-state index contributed by atoms with van der Waals surface area (Å²) in [4.78, 5) is 22.9. The number of cyclic esters (lactones) is 1. The number of hydrogen-bond acceptors (Lipinski definition) is 8. The average molecular weight is 362 g/mol. The lowest BCUT2D eigenvalue weighted by Crippen LogP contribution is -2.42. The van der Waals surface area contributed by atoms with Gasteiger partial charge in [-0.2, -0.15) is 0 Å². The van der Waals surface area contributed by atoms with E-state index >= 15 is 0 Å². The molecule has 4 atom stereocenters. The molecule has 0 aliphatic carbocycles. The Labute approximate surface area is 148 Å². The smallest absolute Gasteiger partial charge is 0.378 e. The maximum Gasteiger partial charge on any atom is 0.378 e. The van der Waals surface area contributed by atoms with Gasteiger partial charge in [0.2, 0.25) is 0 Å². The Kier molecular flexibility index (Phi) is 10.8. The molecular formula is C17H30O8. The highest BCUT2D eigenvalue weighted by atomic mass is 16.6. The van der Waals surface area contributed by atoms with E-state index in [2.05, 4.69) is 11.7 Å². The number of esters is 1. The molecule has 0 saturated carbocycles. The summed E-state index contributed by atoms with van der Waals surface area (Å²) >= 11 is 0. The lowest BCUT2D eigenvalue weighted by atomic mass is 10.1. The number of aliphatic hydroxyl groups is 3. The Balaban J connectivity index is 2.18. The number of hydrogen-bond donors (Lipinski definition) is 3. The van der Waals surface area contributed by atoms with Crippen molar-refractivity contribution in [1.82, 2.24) is 0 Å². The van der Waals surface area contributed by atoms with Gasteiger partial charge in [0.05, 0.1) is 19.8 Å². The molecule has 1 rings (SSSR count). The molecule has 2 unspecified atom stereocenters. The first-order valence-electron chi connectivity index (χ1n) is 8.92. The molecule has 8 heteroatoms. The highest BCUT2D eigenvalue weighted by Gasteiger charge is 2.48. The summed E-state index contributed by atoms with van der Waals surface area (Å²) in [5.74, 6) is -2.05. The summed E-state index contributed by atoms with van der Waals surface area (Å²) in [5, 5.41) is 28.3. The van der Waals surface area contributed by atoms with Gasteiger partial charge in [-0.05, 0) is 6.42 Å². The summed E-state index contributed by atoms with van der Waals surface area (Å²) in [6.07, 6.45) is 1.89. The summed E-state index contributed by atoms with van der Waals surface area (Å²) < 4.78 is 15.3. The van der Waals surface area contributed by atoms with Crippen LogP contribution in [-0.2, 0) is 23.8 Å². The van der Waals surface area contributed by atoms with Crippen LogP contribution in [0.4, 0.5) is 0 Å². The molecule has 1 aliphatic rings. The quantitative estimate of drug-likeness (QED) is 0.223. The van der Waals surface area contributed by atoms with E-state index in [1.807, 2.05) is 0 Å². The molecule has 0 spiro atoms. The van der Waals surface area contributed by atoms with Crippen LogP contribution in [0.5, 0.6) is 0 Å². The second kappa shape index (κ2) is 12.3. The molecule has 3 N–H and O–H groups in total. The third-order valence-corrected chi connectivity index (χ3v) is 3.99. The summed E-state index contributed by atoms with van der Waals surface area (Å²) in [7, 11) is 0. The lowest BCUT2D eigenvalue weighted by Gasteiger charge is -2.21. The van der Waals surface area contributed by atoms with Crippen LogP contribution in [0.1, 0.15) is 45.4 Å². The van der Waals surface area contributed by atoms with Crippen LogP contribution in [0.3, 0.4) is 0 Å². The molecule has 0 aromatic heterocycles. The van der Waals surface area contributed by atoms with Gasteiger partial charge in [0.15, 0.2) is 12.2 Å². The summed E-state index contributed by atoms with van der Waals surface area (Å²) in [5.41, 5.74) is 0. The molecule has 25 heavy (non-hydrogen) atoms. The van der Waals surface area contributed by atoms with Gasteiger partial charge in [-0.25, -0.2) is 4.79 Å². The minimum Gasteiger partial charge on any atom is -0.450 e. The Morgan fingerprint density at radius 2 is 1.76 bits per heavy atom. The van der Waals surface area contributed by atoms with E-state index in [0.717, 1.165) is 12.8 Å². The molecule has 1 heterocycles. The van der Waals surface area contributed by atoms with Gasteiger partial charge < -0.3 is 29.5 Å². The fourth-order valence-electron chi connectivity index (χ4n) is 2.53. The Morgan fingerprint density at radius 3 is 2.44 bits per heavy atom. The number of rotatable bonds is 14. The number of ketones is 1. The third-order valence-electron chi connectivity index (χ3n) is 3.99. The standard InChI is InChI=1S/C17H30O8/c1-2-3-4-5-6-7-8-23-10-12(19)11-24-16-14(21)17(22)25-15(16)13(20)9-18/h12-13,15-16,18-20H,2-11H2,1H3/t12?,13-,15+,16?/m0/s1. The molecule has 8 nitrogen and oxygen atoms in total. The van der Waals surface area contributed by atoms with Gasteiger partial charge in [0.25, 0.3) is 5.78 Å². The van der Waals surface area contributed by atoms with Crippen molar-refractivity contribution in [2.45, 2.75) is 69.9 Å². The first kappa shape index (κ1) is 22.0. The Bertz CT molecular complexity index is 400. The number of aliphatic hydroxyl groups excluding tert-OH is 3. The summed E-state index contributed by atoms with van der Waals surface area (Å²) in [6.45, 7) is 1.85. The predicted molar refractivity (Wildman–Crippen MR) is 87.9 cm³/mol. The average Bonchev–Trinajstić information content (AvgIpc) is 2.89. The molecule has 1 aliphatic heterocycles. The highest BCUT2D eigenvalue weighted by Crippen LogP contribution is 2.19. The first-order valence-corrected chi connectivity index (χ1v) is 8.92. The zero-order valence-corrected chi connectivity index (χ0v) is 14.8. The molecule has 0 amide bonds.